The van der Waals surface area contributed by atoms with Crippen LogP contribution in [-0.2, 0) is 14.6 Å². The Hall–Kier alpha value is -3.05. The Morgan fingerprint density at radius 3 is 2.73 bits per heavy atom. The Kier molecular flexibility index (Phi) is 6.35. The van der Waals surface area contributed by atoms with E-state index in [1.54, 1.807) is 6.07 Å². The zero-order valence-corrected chi connectivity index (χ0v) is 19.9. The number of pyridine rings is 1. The summed E-state index contributed by atoms with van der Waals surface area (Å²) in [7, 11) is -3.35. The zero-order valence-electron chi connectivity index (χ0n) is 18.2. The first-order valence-corrected chi connectivity index (χ1v) is 13.0. The molecule has 0 saturated heterocycles. The SMILES string of the molecule is CC(C)Oc1cc(Oc2ccc(S(C)(=O)=O)cn2)cc2cc(C3=NCC(CC(=O)O)S3)[nH]c12. The minimum atomic E-state index is -3.35. The zero-order chi connectivity index (χ0) is 23.8. The number of aliphatic imine (C=N–C) groups is 1. The number of H-pyrrole nitrogens is 1. The fraction of sp³-hybridized carbons (Fsp3) is 0.318. The number of sulfone groups is 1. The van der Waals surface area contributed by atoms with Crippen molar-refractivity contribution in [2.24, 2.45) is 4.99 Å². The summed E-state index contributed by atoms with van der Waals surface area (Å²) in [6.45, 7) is 4.30. The molecule has 174 valence electrons. The summed E-state index contributed by atoms with van der Waals surface area (Å²) >= 11 is 1.44. The fourth-order valence-corrected chi connectivity index (χ4v) is 4.98. The van der Waals surface area contributed by atoms with Crippen molar-refractivity contribution in [3.8, 4) is 17.4 Å². The smallest absolute Gasteiger partial charge is 0.304 e. The van der Waals surface area contributed by atoms with Crippen molar-refractivity contribution in [3.05, 3.63) is 42.2 Å². The van der Waals surface area contributed by atoms with Gasteiger partial charge in [0.05, 0.1) is 35.2 Å². The van der Waals surface area contributed by atoms with Gasteiger partial charge < -0.3 is 19.6 Å². The lowest BCUT2D eigenvalue weighted by molar-refractivity contribution is -0.136. The number of hydrogen-bond acceptors (Lipinski definition) is 8. The number of ether oxygens (including phenoxy) is 2. The van der Waals surface area contributed by atoms with Gasteiger partial charge in [-0.3, -0.25) is 9.79 Å². The number of aromatic nitrogens is 2. The number of aromatic amines is 1. The molecule has 0 bridgehead atoms. The van der Waals surface area contributed by atoms with Crippen LogP contribution >= 0.6 is 11.8 Å². The average molecular weight is 490 g/mol. The molecule has 0 fully saturated rings. The number of nitrogens with zero attached hydrogens (tertiary/aromatic N) is 2. The standard InChI is InChI=1S/C22H23N3O6S2/c1-12(2)30-18-8-14(31-19-5-4-16(11-23-19)33(3,28)29)6-13-7-17(25-21(13)18)22-24-10-15(32-22)9-20(26)27/h4-8,11-12,15,25H,9-10H2,1-3H3,(H,26,27). The number of nitrogens with one attached hydrogen (secondary N) is 1. The monoisotopic (exact) mass is 489 g/mol. The second-order valence-corrected chi connectivity index (χ2v) is 11.2. The number of aliphatic carboxylic acids is 1. The first kappa shape index (κ1) is 23.1. The minimum Gasteiger partial charge on any atom is -0.489 e. The predicted octanol–water partition coefficient (Wildman–Crippen LogP) is 3.88. The Morgan fingerprint density at radius 2 is 2.09 bits per heavy atom. The summed E-state index contributed by atoms with van der Waals surface area (Å²) in [5.74, 6) is 0.476. The molecule has 1 aliphatic heterocycles. The second-order valence-electron chi connectivity index (χ2n) is 7.93. The van der Waals surface area contributed by atoms with Gasteiger partial charge in [-0.2, -0.15) is 0 Å². The van der Waals surface area contributed by atoms with E-state index >= 15 is 0 Å². The van der Waals surface area contributed by atoms with Crippen molar-refractivity contribution < 1.29 is 27.8 Å². The molecule has 2 aromatic heterocycles. The Morgan fingerprint density at radius 1 is 1.30 bits per heavy atom. The van der Waals surface area contributed by atoms with Crippen LogP contribution in [0.15, 0.2) is 46.4 Å². The molecule has 0 aliphatic carbocycles. The summed E-state index contributed by atoms with van der Waals surface area (Å²) in [5, 5.41) is 10.5. The van der Waals surface area contributed by atoms with E-state index in [9.17, 15) is 13.2 Å². The van der Waals surface area contributed by atoms with Crippen LogP contribution < -0.4 is 9.47 Å². The van der Waals surface area contributed by atoms with E-state index in [1.165, 1.54) is 30.1 Å². The molecule has 11 heteroatoms. The lowest BCUT2D eigenvalue weighted by atomic mass is 10.2. The third kappa shape index (κ3) is 5.48. The van der Waals surface area contributed by atoms with Gasteiger partial charge in [0.15, 0.2) is 9.84 Å². The fourth-order valence-electron chi connectivity index (χ4n) is 3.34. The third-order valence-electron chi connectivity index (χ3n) is 4.74. The van der Waals surface area contributed by atoms with Crippen LogP contribution in [0.3, 0.4) is 0 Å². The van der Waals surface area contributed by atoms with Gasteiger partial charge >= 0.3 is 5.97 Å². The molecular weight excluding hydrogens is 466 g/mol. The van der Waals surface area contributed by atoms with Crippen LogP contribution in [0.4, 0.5) is 0 Å². The van der Waals surface area contributed by atoms with Gasteiger partial charge in [-0.15, -0.1) is 0 Å². The van der Waals surface area contributed by atoms with Crippen LogP contribution in [0.1, 0.15) is 26.0 Å². The molecule has 1 unspecified atom stereocenters. The molecule has 3 heterocycles. The number of carbonyl (C=O) groups is 1. The number of hydrogen-bond donors (Lipinski definition) is 2. The number of carboxylic acids is 1. The summed E-state index contributed by atoms with van der Waals surface area (Å²) in [6.07, 6.45) is 2.35. The van der Waals surface area contributed by atoms with Crippen LogP contribution in [0.2, 0.25) is 0 Å². The lowest BCUT2D eigenvalue weighted by Gasteiger charge is -2.13. The van der Waals surface area contributed by atoms with Gasteiger partial charge in [0, 0.05) is 35.2 Å². The first-order valence-electron chi connectivity index (χ1n) is 10.2. The van der Waals surface area contributed by atoms with Crippen molar-refractivity contribution in [1.29, 1.82) is 0 Å². The van der Waals surface area contributed by atoms with E-state index in [0.29, 0.717) is 18.0 Å². The molecule has 9 nitrogen and oxygen atoms in total. The molecule has 1 atom stereocenters. The molecule has 2 N–H and O–H groups in total. The maximum Gasteiger partial charge on any atom is 0.304 e. The van der Waals surface area contributed by atoms with Crippen molar-refractivity contribution in [2.45, 2.75) is 36.5 Å². The summed E-state index contributed by atoms with van der Waals surface area (Å²) < 4.78 is 35.1. The number of carboxylic acid groups (broad SMARTS) is 1. The van der Waals surface area contributed by atoms with Gasteiger partial charge in [0.25, 0.3) is 0 Å². The molecule has 4 rings (SSSR count). The van der Waals surface area contributed by atoms with Crippen molar-refractivity contribution in [1.82, 2.24) is 9.97 Å². The topological polar surface area (TPSA) is 131 Å². The van der Waals surface area contributed by atoms with E-state index in [0.717, 1.165) is 27.9 Å². The third-order valence-corrected chi connectivity index (χ3v) is 7.06. The molecule has 0 spiro atoms. The minimum absolute atomic E-state index is 0.0582. The molecule has 1 aromatic carbocycles. The van der Waals surface area contributed by atoms with E-state index in [-0.39, 0.29) is 28.6 Å². The highest BCUT2D eigenvalue weighted by molar-refractivity contribution is 8.15. The molecular formula is C22H23N3O6S2. The van der Waals surface area contributed by atoms with E-state index in [4.69, 9.17) is 14.6 Å². The maximum absolute atomic E-state index is 11.6. The highest BCUT2D eigenvalue weighted by Crippen LogP contribution is 2.36. The highest BCUT2D eigenvalue weighted by Gasteiger charge is 2.25. The quantitative estimate of drug-likeness (QED) is 0.487. The Labute approximate surface area is 195 Å². The van der Waals surface area contributed by atoms with E-state index in [2.05, 4.69) is 15.0 Å². The predicted molar refractivity (Wildman–Crippen MR) is 127 cm³/mol. The number of fused-ring (bicyclic) bond motifs is 1. The van der Waals surface area contributed by atoms with Crippen LogP contribution in [0.5, 0.6) is 17.4 Å². The Balaban J connectivity index is 1.64. The normalized spacial score (nSPS) is 16.2. The number of rotatable bonds is 8. The lowest BCUT2D eigenvalue weighted by Crippen LogP contribution is -2.10. The van der Waals surface area contributed by atoms with Gasteiger partial charge in [-0.25, -0.2) is 13.4 Å². The van der Waals surface area contributed by atoms with Gasteiger partial charge in [-0.05, 0) is 32.0 Å². The largest absolute Gasteiger partial charge is 0.489 e. The van der Waals surface area contributed by atoms with Crippen LogP contribution in [-0.4, -0.2) is 58.7 Å². The molecule has 0 amide bonds. The van der Waals surface area contributed by atoms with Crippen molar-refractivity contribution in [2.75, 3.05) is 12.8 Å². The highest BCUT2D eigenvalue weighted by atomic mass is 32.2. The molecule has 0 saturated carbocycles. The number of benzene rings is 1. The van der Waals surface area contributed by atoms with Gasteiger partial charge in [-0.1, -0.05) is 11.8 Å². The summed E-state index contributed by atoms with van der Waals surface area (Å²) in [6, 6.07) is 8.43. The molecule has 1 aliphatic rings. The van der Waals surface area contributed by atoms with E-state index < -0.39 is 15.8 Å². The molecule has 33 heavy (non-hydrogen) atoms. The van der Waals surface area contributed by atoms with Gasteiger partial charge in [0.1, 0.15) is 16.5 Å². The van der Waals surface area contributed by atoms with Crippen LogP contribution in [0.25, 0.3) is 10.9 Å². The van der Waals surface area contributed by atoms with Crippen LogP contribution in [0, 0.1) is 0 Å². The van der Waals surface area contributed by atoms with Crippen molar-refractivity contribution >= 4 is 43.5 Å². The van der Waals surface area contributed by atoms with Gasteiger partial charge in [0.2, 0.25) is 5.88 Å². The first-order chi connectivity index (χ1) is 15.6. The average Bonchev–Trinajstić information content (AvgIpc) is 3.34. The number of thioether (sulfide) groups is 1. The van der Waals surface area contributed by atoms with E-state index in [1.807, 2.05) is 26.0 Å². The maximum atomic E-state index is 11.6. The Bertz CT molecular complexity index is 1330. The van der Waals surface area contributed by atoms with Crippen molar-refractivity contribution in [3.63, 3.8) is 0 Å². The summed E-state index contributed by atoms with van der Waals surface area (Å²) in [5.41, 5.74) is 1.56. The summed E-state index contributed by atoms with van der Waals surface area (Å²) in [4.78, 5) is 23.0. The molecule has 3 aromatic rings. The molecule has 0 radical (unpaired) electrons. The second kappa shape index (κ2) is 9.06.